The van der Waals surface area contributed by atoms with Crippen LogP contribution < -0.4 is 10.1 Å². The zero-order valence-corrected chi connectivity index (χ0v) is 14.8. The molecule has 128 valence electrons. The third-order valence-corrected chi connectivity index (χ3v) is 4.65. The van der Waals surface area contributed by atoms with Crippen molar-refractivity contribution in [2.75, 3.05) is 11.9 Å². The first-order valence-electron chi connectivity index (χ1n) is 8.71. The summed E-state index contributed by atoms with van der Waals surface area (Å²) >= 11 is 0. The maximum atomic E-state index is 12.5. The van der Waals surface area contributed by atoms with Gasteiger partial charge in [0.15, 0.2) is 0 Å². The van der Waals surface area contributed by atoms with Gasteiger partial charge in [-0.2, -0.15) is 0 Å². The molecule has 4 nitrogen and oxygen atoms in total. The van der Waals surface area contributed by atoms with Crippen molar-refractivity contribution in [3.63, 3.8) is 0 Å². The van der Waals surface area contributed by atoms with E-state index in [0.717, 1.165) is 29.8 Å². The zero-order chi connectivity index (χ0) is 16.9. The second-order valence-corrected chi connectivity index (χ2v) is 6.48. The number of aryl methyl sites for hydroxylation is 1. The molecule has 1 atom stereocenters. The van der Waals surface area contributed by atoms with E-state index >= 15 is 0 Å². The molecule has 1 fully saturated rings. The normalized spacial score (nSPS) is 17.7. The van der Waals surface area contributed by atoms with Crippen LogP contribution in [-0.2, 0) is 9.53 Å². The Hall–Kier alpha value is -1.55. The highest BCUT2D eigenvalue weighted by molar-refractivity contribution is 5.97. The van der Waals surface area contributed by atoms with Gasteiger partial charge in [-0.3, -0.25) is 4.79 Å². The Morgan fingerprint density at radius 1 is 1.30 bits per heavy atom. The second kappa shape index (κ2) is 7.82. The highest BCUT2D eigenvalue weighted by atomic mass is 16.5. The van der Waals surface area contributed by atoms with E-state index in [1.807, 2.05) is 45.9 Å². The molecular formula is C19H29NO3. The van der Waals surface area contributed by atoms with Crippen LogP contribution in [0.15, 0.2) is 18.2 Å². The van der Waals surface area contributed by atoms with E-state index in [4.69, 9.17) is 9.47 Å². The number of anilines is 1. The van der Waals surface area contributed by atoms with Gasteiger partial charge in [0.05, 0.1) is 6.10 Å². The van der Waals surface area contributed by atoms with E-state index in [-0.39, 0.29) is 5.91 Å². The Morgan fingerprint density at radius 2 is 2.00 bits per heavy atom. The van der Waals surface area contributed by atoms with Gasteiger partial charge in [0.1, 0.15) is 11.4 Å². The van der Waals surface area contributed by atoms with Crippen LogP contribution in [0.1, 0.15) is 58.4 Å². The van der Waals surface area contributed by atoms with E-state index in [1.54, 1.807) is 0 Å². The van der Waals surface area contributed by atoms with Crippen molar-refractivity contribution in [1.82, 2.24) is 0 Å². The van der Waals surface area contributed by atoms with E-state index in [0.29, 0.717) is 19.1 Å². The fourth-order valence-corrected chi connectivity index (χ4v) is 2.96. The second-order valence-electron chi connectivity index (χ2n) is 6.48. The zero-order valence-electron chi connectivity index (χ0n) is 14.8. The molecule has 2 rings (SSSR count). The van der Waals surface area contributed by atoms with Crippen molar-refractivity contribution < 1.29 is 14.3 Å². The first kappa shape index (κ1) is 17.8. The molecule has 0 aliphatic heterocycles. The van der Waals surface area contributed by atoms with Gasteiger partial charge in [-0.05, 0) is 76.6 Å². The largest absolute Gasteiger partial charge is 0.490 e. The lowest BCUT2D eigenvalue weighted by Gasteiger charge is -2.27. The van der Waals surface area contributed by atoms with Gasteiger partial charge in [-0.1, -0.05) is 6.92 Å². The number of hydrogen-bond acceptors (Lipinski definition) is 3. The minimum atomic E-state index is -0.790. The average Bonchev–Trinajstić information content (AvgIpc) is 3.03. The summed E-state index contributed by atoms with van der Waals surface area (Å²) in [6.07, 6.45) is 5.77. The molecule has 0 bridgehead atoms. The van der Waals surface area contributed by atoms with E-state index in [1.165, 1.54) is 12.8 Å². The molecule has 1 aliphatic rings. The Bertz CT molecular complexity index is 537. The SMILES string of the molecule is CCO[C@@](C)(CC)C(=O)Nc1ccc(OC2CCCC2)c(C)c1. The minimum absolute atomic E-state index is 0.106. The van der Waals surface area contributed by atoms with Gasteiger partial charge < -0.3 is 14.8 Å². The van der Waals surface area contributed by atoms with E-state index < -0.39 is 5.60 Å². The summed E-state index contributed by atoms with van der Waals surface area (Å²) in [5, 5.41) is 2.96. The van der Waals surface area contributed by atoms with Crippen molar-refractivity contribution in [3.05, 3.63) is 23.8 Å². The standard InChI is InChI=1S/C19H29NO3/c1-5-19(4,22-6-2)18(21)20-15-11-12-17(14(3)13-15)23-16-9-7-8-10-16/h11-13,16H,5-10H2,1-4H3,(H,20,21)/t19-/m0/s1. The van der Waals surface area contributed by atoms with Gasteiger partial charge in [0.25, 0.3) is 5.91 Å². The minimum Gasteiger partial charge on any atom is -0.490 e. The lowest BCUT2D eigenvalue weighted by Crippen LogP contribution is -2.42. The summed E-state index contributed by atoms with van der Waals surface area (Å²) in [6.45, 7) is 8.22. The van der Waals surface area contributed by atoms with E-state index in [9.17, 15) is 4.79 Å². The van der Waals surface area contributed by atoms with Crippen LogP contribution in [0.3, 0.4) is 0 Å². The molecule has 23 heavy (non-hydrogen) atoms. The van der Waals surface area contributed by atoms with Crippen molar-refractivity contribution in [3.8, 4) is 5.75 Å². The fraction of sp³-hybridized carbons (Fsp3) is 0.632. The molecule has 1 saturated carbocycles. The van der Waals surface area contributed by atoms with Crippen LogP contribution in [0.5, 0.6) is 5.75 Å². The van der Waals surface area contributed by atoms with Crippen molar-refractivity contribution in [2.45, 2.75) is 71.5 Å². The molecule has 1 aromatic rings. The van der Waals surface area contributed by atoms with Crippen LogP contribution >= 0.6 is 0 Å². The topological polar surface area (TPSA) is 47.6 Å². The predicted octanol–water partition coefficient (Wildman–Crippen LogP) is 4.46. The first-order chi connectivity index (χ1) is 11.0. The van der Waals surface area contributed by atoms with E-state index in [2.05, 4.69) is 5.32 Å². The predicted molar refractivity (Wildman–Crippen MR) is 93.0 cm³/mol. The smallest absolute Gasteiger partial charge is 0.256 e. The van der Waals surface area contributed by atoms with Crippen LogP contribution in [0, 0.1) is 6.92 Å². The summed E-state index contributed by atoms with van der Waals surface area (Å²) < 4.78 is 11.7. The molecule has 0 spiro atoms. The summed E-state index contributed by atoms with van der Waals surface area (Å²) in [6, 6.07) is 5.81. The third kappa shape index (κ3) is 4.47. The van der Waals surface area contributed by atoms with Crippen molar-refractivity contribution >= 4 is 11.6 Å². The number of carbonyl (C=O) groups excluding carboxylic acids is 1. The molecular weight excluding hydrogens is 290 g/mol. The summed E-state index contributed by atoms with van der Waals surface area (Å²) in [4.78, 5) is 12.5. The lowest BCUT2D eigenvalue weighted by atomic mass is 10.0. The highest BCUT2D eigenvalue weighted by Gasteiger charge is 2.31. The van der Waals surface area contributed by atoms with Crippen LogP contribution in [-0.4, -0.2) is 24.2 Å². The van der Waals surface area contributed by atoms with Gasteiger partial charge >= 0.3 is 0 Å². The third-order valence-electron chi connectivity index (χ3n) is 4.65. The molecule has 0 saturated heterocycles. The van der Waals surface area contributed by atoms with Gasteiger partial charge in [-0.25, -0.2) is 0 Å². The van der Waals surface area contributed by atoms with Crippen LogP contribution in [0.2, 0.25) is 0 Å². The molecule has 0 aromatic heterocycles. The molecule has 1 aromatic carbocycles. The first-order valence-corrected chi connectivity index (χ1v) is 8.71. The molecule has 1 N–H and O–H groups in total. The molecule has 1 amide bonds. The summed E-state index contributed by atoms with van der Waals surface area (Å²) in [7, 11) is 0. The molecule has 0 heterocycles. The number of hydrogen-bond donors (Lipinski definition) is 1. The molecule has 0 unspecified atom stereocenters. The quantitative estimate of drug-likeness (QED) is 0.807. The number of benzene rings is 1. The Morgan fingerprint density at radius 3 is 2.57 bits per heavy atom. The Balaban J connectivity index is 2.03. The number of nitrogens with one attached hydrogen (secondary N) is 1. The molecule has 1 aliphatic carbocycles. The van der Waals surface area contributed by atoms with Crippen LogP contribution in [0.25, 0.3) is 0 Å². The number of ether oxygens (including phenoxy) is 2. The maximum Gasteiger partial charge on any atom is 0.256 e. The molecule has 4 heteroatoms. The highest BCUT2D eigenvalue weighted by Crippen LogP contribution is 2.28. The average molecular weight is 319 g/mol. The number of carbonyl (C=O) groups is 1. The summed E-state index contributed by atoms with van der Waals surface area (Å²) in [5.74, 6) is 0.809. The number of amides is 1. The van der Waals surface area contributed by atoms with Gasteiger partial charge in [0.2, 0.25) is 0 Å². The van der Waals surface area contributed by atoms with Crippen molar-refractivity contribution in [1.29, 1.82) is 0 Å². The Kier molecular flexibility index (Phi) is 6.05. The molecule has 0 radical (unpaired) electrons. The number of rotatable bonds is 7. The maximum absolute atomic E-state index is 12.5. The summed E-state index contributed by atoms with van der Waals surface area (Å²) in [5.41, 5.74) is 1.04. The Labute approximate surface area is 139 Å². The van der Waals surface area contributed by atoms with Gasteiger partial charge in [0, 0.05) is 12.3 Å². The van der Waals surface area contributed by atoms with Crippen molar-refractivity contribution in [2.24, 2.45) is 0 Å². The monoisotopic (exact) mass is 319 g/mol. The van der Waals surface area contributed by atoms with Crippen LogP contribution in [0.4, 0.5) is 5.69 Å². The fourth-order valence-electron chi connectivity index (χ4n) is 2.96. The van der Waals surface area contributed by atoms with Gasteiger partial charge in [-0.15, -0.1) is 0 Å². The lowest BCUT2D eigenvalue weighted by molar-refractivity contribution is -0.139.